The van der Waals surface area contributed by atoms with Gasteiger partial charge < -0.3 is 10.5 Å². The predicted molar refractivity (Wildman–Crippen MR) is 43.7 cm³/mol. The van der Waals surface area contributed by atoms with Crippen LogP contribution in [0.2, 0.25) is 0 Å². The molecule has 1 aromatic heterocycles. The molecule has 66 valence electrons. The molecule has 1 aromatic rings. The summed E-state index contributed by atoms with van der Waals surface area (Å²) in [7, 11) is 1.52. The Labute approximate surface area is 70.4 Å². The summed E-state index contributed by atoms with van der Waals surface area (Å²) < 4.78 is 16.9. The summed E-state index contributed by atoms with van der Waals surface area (Å²) >= 11 is 0. The van der Waals surface area contributed by atoms with Crippen LogP contribution in [-0.2, 0) is 0 Å². The number of ether oxygens (including phenoxy) is 1. The van der Waals surface area contributed by atoms with Crippen LogP contribution in [0.5, 0.6) is 5.88 Å². The second kappa shape index (κ2) is 4.01. The van der Waals surface area contributed by atoms with Gasteiger partial charge in [-0.05, 0) is 5.56 Å². The van der Waals surface area contributed by atoms with Crippen LogP contribution < -0.4 is 10.5 Å². The number of nitrogens with two attached hydrogens (primary N) is 1. The number of nitrogens with zero attached hydrogens (tertiary/aromatic N) is 1. The molecule has 12 heavy (non-hydrogen) atoms. The molecule has 0 spiro atoms. The highest BCUT2D eigenvalue weighted by Crippen LogP contribution is 2.12. The van der Waals surface area contributed by atoms with E-state index < -0.39 is 12.7 Å². The molecule has 0 radical (unpaired) electrons. The first kappa shape index (κ1) is 8.93. The number of hydrogen-bond donors (Lipinski definition) is 1. The first-order valence-electron chi connectivity index (χ1n) is 3.59. The maximum absolute atomic E-state index is 12.1. The minimum Gasteiger partial charge on any atom is -0.481 e. The number of pyridine rings is 1. The summed E-state index contributed by atoms with van der Waals surface area (Å²) in [5.74, 6) is 0.504. The van der Waals surface area contributed by atoms with E-state index in [2.05, 4.69) is 4.98 Å². The Morgan fingerprint density at radius 3 is 2.83 bits per heavy atom. The third-order valence-electron chi connectivity index (χ3n) is 1.56. The smallest absolute Gasteiger partial charge is 0.212 e. The van der Waals surface area contributed by atoms with Gasteiger partial charge in [0.25, 0.3) is 0 Å². The van der Waals surface area contributed by atoms with E-state index in [-0.39, 0.29) is 0 Å². The minimum absolute atomic E-state index is 0.504. The average molecular weight is 170 g/mol. The number of alkyl halides is 1. The number of rotatable bonds is 3. The van der Waals surface area contributed by atoms with E-state index in [1.807, 2.05) is 0 Å². The molecule has 4 heteroatoms. The van der Waals surface area contributed by atoms with Crippen LogP contribution in [0.15, 0.2) is 18.3 Å². The largest absolute Gasteiger partial charge is 0.481 e. The predicted octanol–water partition coefficient (Wildman–Crippen LogP) is 1.06. The molecule has 0 unspecified atom stereocenters. The molecule has 3 nitrogen and oxygen atoms in total. The van der Waals surface area contributed by atoms with E-state index in [1.165, 1.54) is 13.3 Å². The Morgan fingerprint density at radius 1 is 1.67 bits per heavy atom. The summed E-state index contributed by atoms with van der Waals surface area (Å²) in [5, 5.41) is 0. The molecular weight excluding hydrogens is 159 g/mol. The van der Waals surface area contributed by atoms with Gasteiger partial charge in [0.2, 0.25) is 5.88 Å². The number of methoxy groups -OCH3 is 1. The van der Waals surface area contributed by atoms with Crippen molar-refractivity contribution in [2.75, 3.05) is 13.8 Å². The molecule has 1 heterocycles. The molecule has 2 N–H and O–H groups in total. The van der Waals surface area contributed by atoms with Crippen molar-refractivity contribution < 1.29 is 9.13 Å². The van der Waals surface area contributed by atoms with Crippen molar-refractivity contribution >= 4 is 0 Å². The van der Waals surface area contributed by atoms with Gasteiger partial charge >= 0.3 is 0 Å². The standard InChI is InChI=1S/C8H11FN2O/c1-12-8-3-2-6(5-11-8)7(10)4-9/h2-3,5,7H,4,10H2,1H3/t7-/m1/s1. The lowest BCUT2D eigenvalue weighted by Crippen LogP contribution is -2.12. The van der Waals surface area contributed by atoms with E-state index in [9.17, 15) is 4.39 Å². The Balaban J connectivity index is 2.77. The summed E-state index contributed by atoms with van der Waals surface area (Å²) in [5.41, 5.74) is 6.11. The average Bonchev–Trinajstić information content (AvgIpc) is 2.17. The van der Waals surface area contributed by atoms with E-state index in [1.54, 1.807) is 12.1 Å². The zero-order chi connectivity index (χ0) is 8.97. The van der Waals surface area contributed by atoms with Crippen molar-refractivity contribution in [2.45, 2.75) is 6.04 Å². The number of aromatic nitrogens is 1. The molecule has 0 amide bonds. The third kappa shape index (κ3) is 1.92. The first-order chi connectivity index (χ1) is 5.77. The van der Waals surface area contributed by atoms with E-state index in [0.29, 0.717) is 11.4 Å². The van der Waals surface area contributed by atoms with Crippen LogP contribution >= 0.6 is 0 Å². The SMILES string of the molecule is COc1ccc([C@H](N)CF)cn1. The molecule has 0 aliphatic heterocycles. The molecule has 0 fully saturated rings. The Morgan fingerprint density at radius 2 is 2.42 bits per heavy atom. The van der Waals surface area contributed by atoms with Gasteiger partial charge in [0, 0.05) is 12.3 Å². The first-order valence-corrected chi connectivity index (χ1v) is 3.59. The van der Waals surface area contributed by atoms with Crippen molar-refractivity contribution in [3.8, 4) is 5.88 Å². The molecular formula is C8H11FN2O. The summed E-state index contributed by atoms with van der Waals surface area (Å²) in [6.07, 6.45) is 1.52. The van der Waals surface area contributed by atoms with Crippen molar-refractivity contribution in [2.24, 2.45) is 5.73 Å². The van der Waals surface area contributed by atoms with Crippen molar-refractivity contribution in [1.82, 2.24) is 4.98 Å². The van der Waals surface area contributed by atoms with Crippen molar-refractivity contribution in [1.29, 1.82) is 0 Å². The summed E-state index contributed by atoms with van der Waals surface area (Å²) in [4.78, 5) is 3.90. The maximum Gasteiger partial charge on any atom is 0.212 e. The van der Waals surface area contributed by atoms with Crippen LogP contribution in [0.25, 0.3) is 0 Å². The maximum atomic E-state index is 12.1. The van der Waals surface area contributed by atoms with Crippen molar-refractivity contribution in [3.63, 3.8) is 0 Å². The Kier molecular flexibility index (Phi) is 2.99. The second-order valence-electron chi connectivity index (χ2n) is 2.39. The van der Waals surface area contributed by atoms with E-state index >= 15 is 0 Å². The van der Waals surface area contributed by atoms with Crippen LogP contribution in [0, 0.1) is 0 Å². The van der Waals surface area contributed by atoms with E-state index in [0.717, 1.165) is 0 Å². The second-order valence-corrected chi connectivity index (χ2v) is 2.39. The molecule has 0 saturated heterocycles. The molecule has 0 aromatic carbocycles. The van der Waals surface area contributed by atoms with Gasteiger partial charge in [-0.3, -0.25) is 0 Å². The van der Waals surface area contributed by atoms with Gasteiger partial charge in [0.1, 0.15) is 6.67 Å². The van der Waals surface area contributed by atoms with Crippen LogP contribution in [0.1, 0.15) is 11.6 Å². The summed E-state index contributed by atoms with van der Waals surface area (Å²) in [6, 6.07) is 2.78. The molecule has 0 bridgehead atoms. The summed E-state index contributed by atoms with van der Waals surface area (Å²) in [6.45, 7) is -0.575. The fourth-order valence-electron chi connectivity index (χ4n) is 0.821. The lowest BCUT2D eigenvalue weighted by atomic mass is 10.1. The number of halogens is 1. The highest BCUT2D eigenvalue weighted by Gasteiger charge is 2.04. The van der Waals surface area contributed by atoms with Gasteiger partial charge in [-0.2, -0.15) is 0 Å². The van der Waals surface area contributed by atoms with Gasteiger partial charge in [0.05, 0.1) is 13.2 Å². The van der Waals surface area contributed by atoms with Gasteiger partial charge in [-0.15, -0.1) is 0 Å². The highest BCUT2D eigenvalue weighted by atomic mass is 19.1. The molecule has 1 atom stereocenters. The van der Waals surface area contributed by atoms with Crippen LogP contribution in [0.4, 0.5) is 4.39 Å². The quantitative estimate of drug-likeness (QED) is 0.737. The number of hydrogen-bond acceptors (Lipinski definition) is 3. The molecule has 1 rings (SSSR count). The Bertz CT molecular complexity index is 237. The van der Waals surface area contributed by atoms with Gasteiger partial charge in [0.15, 0.2) is 0 Å². The van der Waals surface area contributed by atoms with Gasteiger partial charge in [-0.1, -0.05) is 6.07 Å². The topological polar surface area (TPSA) is 48.1 Å². The lowest BCUT2D eigenvalue weighted by molar-refractivity contribution is 0.396. The van der Waals surface area contributed by atoms with E-state index in [4.69, 9.17) is 10.5 Å². The Hall–Kier alpha value is -1.16. The van der Waals surface area contributed by atoms with Crippen molar-refractivity contribution in [3.05, 3.63) is 23.9 Å². The lowest BCUT2D eigenvalue weighted by Gasteiger charge is -2.06. The fourth-order valence-corrected chi connectivity index (χ4v) is 0.821. The van der Waals surface area contributed by atoms with Crippen LogP contribution in [0.3, 0.4) is 0 Å². The minimum atomic E-state index is -0.580. The third-order valence-corrected chi connectivity index (χ3v) is 1.56. The zero-order valence-electron chi connectivity index (χ0n) is 6.83. The monoisotopic (exact) mass is 170 g/mol. The zero-order valence-corrected chi connectivity index (χ0v) is 6.83. The molecule has 0 aliphatic carbocycles. The highest BCUT2D eigenvalue weighted by molar-refractivity contribution is 5.20. The molecule has 0 saturated carbocycles. The molecule has 0 aliphatic rings. The fraction of sp³-hybridized carbons (Fsp3) is 0.375. The van der Waals surface area contributed by atoms with Crippen LogP contribution in [-0.4, -0.2) is 18.8 Å². The normalized spacial score (nSPS) is 12.6. The van der Waals surface area contributed by atoms with Gasteiger partial charge in [-0.25, -0.2) is 9.37 Å².